The first kappa shape index (κ1) is 16.6. The average molecular weight is 357 g/mol. The van der Waals surface area contributed by atoms with Crippen molar-refractivity contribution in [1.29, 1.82) is 0 Å². The zero-order chi connectivity index (χ0) is 17.2. The van der Waals surface area contributed by atoms with E-state index >= 15 is 0 Å². The first-order chi connectivity index (χ1) is 12.2. The third-order valence-electron chi connectivity index (χ3n) is 4.69. The summed E-state index contributed by atoms with van der Waals surface area (Å²) in [5.41, 5.74) is 7.90. The molecule has 0 amide bonds. The smallest absolute Gasteiger partial charge is 0.161 e. The summed E-state index contributed by atoms with van der Waals surface area (Å²) in [5, 5.41) is 0.455. The molecule has 2 aliphatic rings. The molecule has 132 valence electrons. The summed E-state index contributed by atoms with van der Waals surface area (Å²) in [6, 6.07) is 6.24. The summed E-state index contributed by atoms with van der Waals surface area (Å²) in [6.07, 6.45) is 4.14. The minimum Gasteiger partial charge on any atom is -0.384 e. The number of nitrogens with two attached hydrogens (primary N) is 1. The molecule has 0 aromatic carbocycles. The van der Waals surface area contributed by atoms with E-state index in [0.29, 0.717) is 17.1 Å². The lowest BCUT2D eigenvalue weighted by atomic mass is 10.1. The van der Waals surface area contributed by atoms with Crippen molar-refractivity contribution in [3.63, 3.8) is 0 Å². The maximum Gasteiger partial charge on any atom is 0.161 e. The van der Waals surface area contributed by atoms with Crippen LogP contribution in [0.5, 0.6) is 0 Å². The van der Waals surface area contributed by atoms with Gasteiger partial charge in [0, 0.05) is 29.6 Å². The molecule has 2 atom stereocenters. The van der Waals surface area contributed by atoms with Crippen molar-refractivity contribution in [3.05, 3.63) is 30.1 Å². The molecular weight excluding hydrogens is 334 g/mol. The second-order valence-electron chi connectivity index (χ2n) is 6.56. The Kier molecular flexibility index (Phi) is 4.76. The van der Waals surface area contributed by atoms with Crippen molar-refractivity contribution in [3.8, 4) is 11.4 Å². The average Bonchev–Trinajstić information content (AvgIpc) is 3.16. The van der Waals surface area contributed by atoms with E-state index in [1.165, 1.54) is 18.6 Å². The Hall–Kier alpha value is -1.86. The summed E-state index contributed by atoms with van der Waals surface area (Å²) in [6.45, 7) is 4.50. The Morgan fingerprint density at radius 2 is 2.24 bits per heavy atom. The van der Waals surface area contributed by atoms with Gasteiger partial charge in [0.05, 0.1) is 24.9 Å². The maximum absolute atomic E-state index is 5.86. The van der Waals surface area contributed by atoms with Gasteiger partial charge < -0.3 is 15.4 Å². The number of rotatable bonds is 3. The van der Waals surface area contributed by atoms with Crippen LogP contribution in [0.25, 0.3) is 11.4 Å². The van der Waals surface area contributed by atoms with Gasteiger partial charge in [-0.1, -0.05) is 0 Å². The Morgan fingerprint density at radius 1 is 1.32 bits per heavy atom. The summed E-state index contributed by atoms with van der Waals surface area (Å²) in [7, 11) is 0. The number of hydrogen-bond acceptors (Lipinski definition) is 7. The molecule has 2 aliphatic heterocycles. The van der Waals surface area contributed by atoms with Gasteiger partial charge in [0.2, 0.25) is 0 Å². The van der Waals surface area contributed by atoms with Crippen LogP contribution in [0.2, 0.25) is 0 Å². The highest BCUT2D eigenvalue weighted by Crippen LogP contribution is 2.40. The molecule has 0 radical (unpaired) electrons. The Morgan fingerprint density at radius 3 is 3.00 bits per heavy atom. The zero-order valence-corrected chi connectivity index (χ0v) is 15.2. The normalized spacial score (nSPS) is 23.8. The van der Waals surface area contributed by atoms with Crippen LogP contribution < -0.4 is 10.6 Å². The van der Waals surface area contributed by atoms with Crippen molar-refractivity contribution >= 4 is 23.4 Å². The highest BCUT2D eigenvalue weighted by Gasteiger charge is 2.25. The van der Waals surface area contributed by atoms with E-state index in [2.05, 4.69) is 22.9 Å². The fraction of sp³-hybridized carbons (Fsp3) is 0.500. The van der Waals surface area contributed by atoms with Crippen LogP contribution in [0.1, 0.15) is 30.7 Å². The second-order valence-corrected chi connectivity index (χ2v) is 7.87. The van der Waals surface area contributed by atoms with Crippen molar-refractivity contribution in [2.24, 2.45) is 0 Å². The van der Waals surface area contributed by atoms with Gasteiger partial charge in [0.25, 0.3) is 0 Å². The molecule has 2 aromatic rings. The zero-order valence-electron chi connectivity index (χ0n) is 14.4. The van der Waals surface area contributed by atoms with E-state index in [1.54, 1.807) is 6.20 Å². The summed E-state index contributed by atoms with van der Waals surface area (Å²) < 4.78 is 5.58. The fourth-order valence-electron chi connectivity index (χ4n) is 3.36. The van der Waals surface area contributed by atoms with Crippen molar-refractivity contribution < 1.29 is 4.74 Å². The molecule has 2 unspecified atom stereocenters. The van der Waals surface area contributed by atoms with E-state index < -0.39 is 0 Å². The first-order valence-corrected chi connectivity index (χ1v) is 9.82. The molecule has 2 saturated heterocycles. The van der Waals surface area contributed by atoms with Crippen LogP contribution in [0, 0.1) is 0 Å². The van der Waals surface area contributed by atoms with Gasteiger partial charge in [0.15, 0.2) is 5.82 Å². The number of morpholine rings is 1. The molecule has 2 aromatic heterocycles. The van der Waals surface area contributed by atoms with Gasteiger partial charge in [-0.05, 0) is 37.7 Å². The van der Waals surface area contributed by atoms with Gasteiger partial charge in [-0.3, -0.25) is 0 Å². The van der Waals surface area contributed by atoms with Crippen molar-refractivity contribution in [2.45, 2.75) is 31.1 Å². The van der Waals surface area contributed by atoms with Crippen LogP contribution in [0.15, 0.2) is 24.4 Å². The predicted octanol–water partition coefficient (Wildman–Crippen LogP) is 2.91. The van der Waals surface area contributed by atoms with Gasteiger partial charge >= 0.3 is 0 Å². The van der Waals surface area contributed by atoms with Crippen LogP contribution in [-0.4, -0.2) is 46.5 Å². The number of hydrogen-bond donors (Lipinski definition) is 1. The lowest BCUT2D eigenvalue weighted by molar-refractivity contribution is 0.0985. The highest BCUT2D eigenvalue weighted by molar-refractivity contribution is 7.99. The minimum absolute atomic E-state index is 0.308. The molecule has 2 fully saturated rings. The molecule has 6 nitrogen and oxygen atoms in total. The fourth-order valence-corrected chi connectivity index (χ4v) is 4.60. The predicted molar refractivity (Wildman–Crippen MR) is 102 cm³/mol. The quantitative estimate of drug-likeness (QED) is 0.905. The Labute approximate surface area is 152 Å². The monoisotopic (exact) mass is 357 g/mol. The molecule has 0 spiro atoms. The topological polar surface area (TPSA) is 77.2 Å². The van der Waals surface area contributed by atoms with Gasteiger partial charge in [-0.15, -0.1) is 0 Å². The highest BCUT2D eigenvalue weighted by atomic mass is 32.2. The maximum atomic E-state index is 5.86. The largest absolute Gasteiger partial charge is 0.384 e. The number of nitrogen functional groups attached to an aromatic ring is 1. The van der Waals surface area contributed by atoms with Crippen molar-refractivity contribution in [1.82, 2.24) is 15.0 Å². The molecule has 7 heteroatoms. The third-order valence-corrected chi connectivity index (χ3v) is 6.10. The molecular formula is C18H23N5OS. The molecule has 25 heavy (non-hydrogen) atoms. The van der Waals surface area contributed by atoms with Gasteiger partial charge in [-0.2, -0.15) is 11.8 Å². The number of nitrogens with zero attached hydrogens (tertiary/aromatic N) is 4. The lowest BCUT2D eigenvalue weighted by Gasteiger charge is -2.34. The van der Waals surface area contributed by atoms with E-state index in [1.807, 2.05) is 23.9 Å². The Balaban J connectivity index is 1.77. The molecule has 4 rings (SSSR count). The number of ether oxygens (including phenoxy) is 1. The molecule has 0 saturated carbocycles. The minimum atomic E-state index is 0.308. The third kappa shape index (κ3) is 3.57. The van der Waals surface area contributed by atoms with E-state index in [4.69, 9.17) is 20.4 Å². The summed E-state index contributed by atoms with van der Waals surface area (Å²) >= 11 is 1.99. The number of anilines is 2. The van der Waals surface area contributed by atoms with E-state index in [-0.39, 0.29) is 0 Å². The summed E-state index contributed by atoms with van der Waals surface area (Å²) in [5.74, 6) is 3.41. The van der Waals surface area contributed by atoms with Gasteiger partial charge in [-0.25, -0.2) is 15.0 Å². The second kappa shape index (κ2) is 7.17. The Bertz CT molecular complexity index is 750. The number of aromatic nitrogens is 3. The molecule has 0 aliphatic carbocycles. The van der Waals surface area contributed by atoms with Crippen LogP contribution in [0.3, 0.4) is 0 Å². The summed E-state index contributed by atoms with van der Waals surface area (Å²) in [4.78, 5) is 16.1. The standard InChI is InChI=1S/C18H23N5OS/c1-12-11-24-7-6-23(12)17-10-14(15-3-2-8-25-15)21-18(22-17)13-4-5-20-16(19)9-13/h4-5,9-10,12,15H,2-3,6-8,11H2,1H3,(H2,19,20). The molecule has 4 heterocycles. The van der Waals surface area contributed by atoms with Gasteiger partial charge in [0.1, 0.15) is 11.6 Å². The SMILES string of the molecule is CC1COCCN1c1cc(C2CCCS2)nc(-c2ccnc(N)c2)n1. The number of pyridine rings is 1. The first-order valence-electron chi connectivity index (χ1n) is 8.77. The van der Waals surface area contributed by atoms with Crippen LogP contribution in [0.4, 0.5) is 11.6 Å². The van der Waals surface area contributed by atoms with Crippen LogP contribution >= 0.6 is 11.8 Å². The lowest BCUT2D eigenvalue weighted by Crippen LogP contribution is -2.44. The van der Waals surface area contributed by atoms with E-state index in [9.17, 15) is 0 Å². The molecule has 0 bridgehead atoms. The van der Waals surface area contributed by atoms with E-state index in [0.717, 1.165) is 42.7 Å². The number of thioether (sulfide) groups is 1. The molecule has 2 N–H and O–H groups in total. The van der Waals surface area contributed by atoms with Crippen LogP contribution in [-0.2, 0) is 4.74 Å². The van der Waals surface area contributed by atoms with Crippen molar-refractivity contribution in [2.75, 3.05) is 36.1 Å².